The van der Waals surface area contributed by atoms with Crippen molar-refractivity contribution in [2.45, 2.75) is 45.8 Å². The first-order chi connectivity index (χ1) is 7.54. The fraction of sp³-hybridized carbons (Fsp3) is 1.00. The predicted octanol–water partition coefficient (Wildman–Crippen LogP) is 1.42. The largest absolute Gasteiger partial charge is 0.391 e. The molecule has 0 aliphatic carbocycles. The molecule has 1 heterocycles. The Labute approximate surface area is 100 Å². The van der Waals surface area contributed by atoms with Crippen LogP contribution in [-0.4, -0.2) is 60.3 Å². The van der Waals surface area contributed by atoms with Gasteiger partial charge in [-0.25, -0.2) is 0 Å². The highest BCUT2D eigenvalue weighted by Gasteiger charge is 2.25. The second-order valence-corrected chi connectivity index (χ2v) is 5.40. The maximum Gasteiger partial charge on any atom is 0.0695 e. The van der Waals surface area contributed by atoms with Crippen LogP contribution in [0.25, 0.3) is 0 Å². The van der Waals surface area contributed by atoms with Crippen LogP contribution < -0.4 is 0 Å². The van der Waals surface area contributed by atoms with Crippen LogP contribution in [0.2, 0.25) is 0 Å². The summed E-state index contributed by atoms with van der Waals surface area (Å²) >= 11 is 0. The molecule has 3 atom stereocenters. The minimum atomic E-state index is -0.168. The van der Waals surface area contributed by atoms with Gasteiger partial charge >= 0.3 is 0 Å². The molecule has 1 aliphatic rings. The average Bonchev–Trinajstić information content (AvgIpc) is 2.28. The van der Waals surface area contributed by atoms with Gasteiger partial charge in [0.1, 0.15) is 0 Å². The number of piperazine rings is 1. The Morgan fingerprint density at radius 3 is 2.19 bits per heavy atom. The molecule has 0 aromatic heterocycles. The van der Waals surface area contributed by atoms with Crippen LogP contribution in [0.3, 0.4) is 0 Å². The summed E-state index contributed by atoms with van der Waals surface area (Å²) in [6.07, 6.45) is 1.93. The summed E-state index contributed by atoms with van der Waals surface area (Å²) in [6, 6.07) is 0.308. The van der Waals surface area contributed by atoms with E-state index in [1.54, 1.807) is 0 Å². The lowest BCUT2D eigenvalue weighted by molar-refractivity contribution is 0.0208. The van der Waals surface area contributed by atoms with Crippen molar-refractivity contribution in [1.29, 1.82) is 0 Å². The Hall–Kier alpha value is -0.120. The average molecular weight is 228 g/mol. The first-order valence-corrected chi connectivity index (χ1v) is 6.65. The van der Waals surface area contributed by atoms with Gasteiger partial charge in [0.05, 0.1) is 6.10 Å². The highest BCUT2D eigenvalue weighted by Crippen LogP contribution is 2.16. The highest BCUT2D eigenvalue weighted by molar-refractivity contribution is 4.80. The number of rotatable bonds is 5. The number of likely N-dealkylation sites (N-methyl/N-ethyl adjacent to an activating group) is 1. The van der Waals surface area contributed by atoms with Gasteiger partial charge in [-0.15, -0.1) is 0 Å². The molecule has 1 saturated heterocycles. The molecule has 1 aliphatic heterocycles. The maximum absolute atomic E-state index is 10.2. The monoisotopic (exact) mass is 228 g/mol. The molecule has 0 amide bonds. The summed E-state index contributed by atoms with van der Waals surface area (Å²) in [5, 5.41) is 10.2. The van der Waals surface area contributed by atoms with Crippen molar-refractivity contribution in [3.63, 3.8) is 0 Å². The van der Waals surface area contributed by atoms with Gasteiger partial charge in [0.15, 0.2) is 0 Å². The molecule has 16 heavy (non-hydrogen) atoms. The SMILES string of the molecule is CC[C@H](C)CC(O)C(C)N1CCN(C)CC1. The molecular formula is C13H28N2O. The van der Waals surface area contributed by atoms with Crippen LogP contribution >= 0.6 is 0 Å². The van der Waals surface area contributed by atoms with E-state index in [0.29, 0.717) is 12.0 Å². The summed E-state index contributed by atoms with van der Waals surface area (Å²) in [6.45, 7) is 11.0. The van der Waals surface area contributed by atoms with Gasteiger partial charge < -0.3 is 10.0 Å². The smallest absolute Gasteiger partial charge is 0.0695 e. The molecule has 2 unspecified atom stereocenters. The molecule has 0 spiro atoms. The van der Waals surface area contributed by atoms with Gasteiger partial charge in [0, 0.05) is 32.2 Å². The molecule has 1 rings (SSSR count). The Kier molecular flexibility index (Phi) is 5.73. The first-order valence-electron chi connectivity index (χ1n) is 6.65. The first kappa shape index (κ1) is 13.9. The van der Waals surface area contributed by atoms with E-state index in [4.69, 9.17) is 0 Å². The van der Waals surface area contributed by atoms with Crippen LogP contribution in [0.1, 0.15) is 33.6 Å². The fourth-order valence-electron chi connectivity index (χ4n) is 2.25. The molecule has 0 bridgehead atoms. The summed E-state index contributed by atoms with van der Waals surface area (Å²) in [5.41, 5.74) is 0. The number of nitrogens with zero attached hydrogens (tertiary/aromatic N) is 2. The Morgan fingerprint density at radius 2 is 1.69 bits per heavy atom. The van der Waals surface area contributed by atoms with Gasteiger partial charge in [-0.1, -0.05) is 20.3 Å². The second-order valence-electron chi connectivity index (χ2n) is 5.40. The maximum atomic E-state index is 10.2. The lowest BCUT2D eigenvalue weighted by Crippen LogP contribution is -2.51. The van der Waals surface area contributed by atoms with Gasteiger partial charge in [-0.3, -0.25) is 4.90 Å². The topological polar surface area (TPSA) is 26.7 Å². The highest BCUT2D eigenvalue weighted by atomic mass is 16.3. The van der Waals surface area contributed by atoms with Crippen molar-refractivity contribution in [2.24, 2.45) is 5.92 Å². The van der Waals surface area contributed by atoms with Gasteiger partial charge in [0.25, 0.3) is 0 Å². The molecule has 3 heteroatoms. The minimum Gasteiger partial charge on any atom is -0.391 e. The van der Waals surface area contributed by atoms with Crippen LogP contribution in [0.15, 0.2) is 0 Å². The van der Waals surface area contributed by atoms with Crippen LogP contribution in [0, 0.1) is 5.92 Å². The molecule has 0 aromatic rings. The standard InChI is InChI=1S/C13H28N2O/c1-5-11(2)10-13(16)12(3)15-8-6-14(4)7-9-15/h11-13,16H,5-10H2,1-4H3/t11-,12?,13?/m0/s1. The van der Waals surface area contributed by atoms with E-state index in [0.717, 1.165) is 39.0 Å². The van der Waals surface area contributed by atoms with Crippen LogP contribution in [-0.2, 0) is 0 Å². The zero-order valence-electron chi connectivity index (χ0n) is 11.3. The van der Waals surface area contributed by atoms with Crippen molar-refractivity contribution in [3.8, 4) is 0 Å². The molecule has 0 aromatic carbocycles. The summed E-state index contributed by atoms with van der Waals surface area (Å²) in [7, 11) is 2.16. The van der Waals surface area contributed by atoms with E-state index in [2.05, 4.69) is 37.6 Å². The predicted molar refractivity (Wildman–Crippen MR) is 68.6 cm³/mol. The Morgan fingerprint density at radius 1 is 1.12 bits per heavy atom. The molecule has 96 valence electrons. The van der Waals surface area contributed by atoms with E-state index in [-0.39, 0.29) is 6.10 Å². The summed E-state index contributed by atoms with van der Waals surface area (Å²) in [4.78, 5) is 4.78. The number of aliphatic hydroxyl groups is 1. The number of hydrogen-bond acceptors (Lipinski definition) is 3. The third kappa shape index (κ3) is 4.04. The lowest BCUT2D eigenvalue weighted by Gasteiger charge is -2.38. The van der Waals surface area contributed by atoms with E-state index in [9.17, 15) is 5.11 Å². The summed E-state index contributed by atoms with van der Waals surface area (Å²) < 4.78 is 0. The van der Waals surface area contributed by atoms with Gasteiger partial charge in [-0.2, -0.15) is 0 Å². The van der Waals surface area contributed by atoms with Crippen molar-refractivity contribution >= 4 is 0 Å². The Bertz CT molecular complexity index is 190. The molecule has 0 saturated carbocycles. The van der Waals surface area contributed by atoms with E-state index >= 15 is 0 Å². The summed E-state index contributed by atoms with van der Waals surface area (Å²) in [5.74, 6) is 0.630. The number of aliphatic hydroxyl groups excluding tert-OH is 1. The molecule has 1 N–H and O–H groups in total. The van der Waals surface area contributed by atoms with Gasteiger partial charge in [-0.05, 0) is 26.3 Å². The van der Waals surface area contributed by atoms with E-state index in [1.807, 2.05) is 0 Å². The molecule has 1 fully saturated rings. The zero-order chi connectivity index (χ0) is 12.1. The third-order valence-corrected chi connectivity index (χ3v) is 4.01. The normalized spacial score (nSPS) is 25.3. The quantitative estimate of drug-likeness (QED) is 0.771. The third-order valence-electron chi connectivity index (χ3n) is 4.01. The van der Waals surface area contributed by atoms with E-state index in [1.165, 1.54) is 0 Å². The molecule has 3 nitrogen and oxygen atoms in total. The van der Waals surface area contributed by atoms with Crippen molar-refractivity contribution in [3.05, 3.63) is 0 Å². The van der Waals surface area contributed by atoms with Crippen molar-refractivity contribution in [2.75, 3.05) is 33.2 Å². The minimum absolute atomic E-state index is 0.168. The van der Waals surface area contributed by atoms with Crippen molar-refractivity contribution < 1.29 is 5.11 Å². The van der Waals surface area contributed by atoms with Crippen LogP contribution in [0.4, 0.5) is 0 Å². The lowest BCUT2D eigenvalue weighted by atomic mass is 9.96. The fourth-order valence-corrected chi connectivity index (χ4v) is 2.25. The van der Waals surface area contributed by atoms with Gasteiger partial charge in [0.2, 0.25) is 0 Å². The van der Waals surface area contributed by atoms with E-state index < -0.39 is 0 Å². The van der Waals surface area contributed by atoms with Crippen LogP contribution in [0.5, 0.6) is 0 Å². The zero-order valence-corrected chi connectivity index (χ0v) is 11.3. The number of hydrogen-bond donors (Lipinski definition) is 1. The second kappa shape index (κ2) is 6.58. The molecular weight excluding hydrogens is 200 g/mol. The molecule has 0 radical (unpaired) electrons. The Balaban J connectivity index is 2.35. The van der Waals surface area contributed by atoms with Crippen molar-refractivity contribution in [1.82, 2.24) is 9.80 Å².